The molecule has 0 unspecified atom stereocenters. The van der Waals surface area contributed by atoms with Gasteiger partial charge >= 0.3 is 6.09 Å². The molecule has 6 nitrogen and oxygen atoms in total. The zero-order valence-corrected chi connectivity index (χ0v) is 13.6. The van der Waals surface area contributed by atoms with Crippen LogP contribution in [0.1, 0.15) is 40.5 Å². The molecule has 0 aliphatic rings. The van der Waals surface area contributed by atoms with Crippen LogP contribution < -0.4 is 5.32 Å². The fourth-order valence-corrected chi connectivity index (χ4v) is 2.23. The summed E-state index contributed by atoms with van der Waals surface area (Å²) in [5, 5.41) is 12.7. The van der Waals surface area contributed by atoms with E-state index in [4.69, 9.17) is 9.15 Å². The van der Waals surface area contributed by atoms with Crippen molar-refractivity contribution >= 4 is 17.4 Å². The van der Waals surface area contributed by atoms with Crippen molar-refractivity contribution in [1.82, 2.24) is 15.5 Å². The van der Waals surface area contributed by atoms with Crippen molar-refractivity contribution in [2.75, 3.05) is 0 Å². The first-order valence-corrected chi connectivity index (χ1v) is 7.44. The van der Waals surface area contributed by atoms with Gasteiger partial charge < -0.3 is 14.5 Å². The predicted molar refractivity (Wildman–Crippen MR) is 80.0 cm³/mol. The van der Waals surface area contributed by atoms with Crippen LogP contribution in [0.5, 0.6) is 0 Å². The second kappa shape index (κ2) is 5.48. The monoisotopic (exact) mass is 309 g/mol. The Morgan fingerprint density at radius 1 is 1.29 bits per heavy atom. The number of hydrogen-bond donors (Lipinski definition) is 1. The summed E-state index contributed by atoms with van der Waals surface area (Å²) in [4.78, 5) is 12.8. The SMILES string of the molecule is CC(C)(C)OC(=O)NC(C)(C)c1nnc(-c2cccs2)o1. The van der Waals surface area contributed by atoms with Gasteiger partial charge in [0.15, 0.2) is 0 Å². The Labute approximate surface area is 127 Å². The van der Waals surface area contributed by atoms with Crippen LogP contribution in [0, 0.1) is 0 Å². The summed E-state index contributed by atoms with van der Waals surface area (Å²) < 4.78 is 10.9. The first-order valence-electron chi connectivity index (χ1n) is 6.56. The summed E-state index contributed by atoms with van der Waals surface area (Å²) in [5.74, 6) is 0.774. The molecule has 114 valence electrons. The standard InChI is InChI=1S/C14H19N3O3S/c1-13(2,3)20-12(18)15-14(4,5)11-17-16-10(19-11)9-7-6-8-21-9/h6-8H,1-5H3,(H,15,18). The minimum absolute atomic E-state index is 0.330. The summed E-state index contributed by atoms with van der Waals surface area (Å²) in [6, 6.07) is 3.81. The Bertz CT molecular complexity index is 612. The van der Waals surface area contributed by atoms with Crippen molar-refractivity contribution in [3.63, 3.8) is 0 Å². The third-order valence-corrected chi connectivity index (χ3v) is 3.36. The van der Waals surface area contributed by atoms with Gasteiger partial charge in [-0.2, -0.15) is 0 Å². The molecule has 0 aliphatic heterocycles. The maximum Gasteiger partial charge on any atom is 0.408 e. The fraction of sp³-hybridized carbons (Fsp3) is 0.500. The number of carbonyl (C=O) groups is 1. The molecule has 21 heavy (non-hydrogen) atoms. The molecule has 2 aromatic heterocycles. The van der Waals surface area contributed by atoms with Crippen LogP contribution in [-0.2, 0) is 10.3 Å². The predicted octanol–water partition coefficient (Wildman–Crippen LogP) is 3.56. The molecular formula is C14H19N3O3S. The number of thiophene rings is 1. The highest BCUT2D eigenvalue weighted by Crippen LogP contribution is 2.27. The molecule has 0 atom stereocenters. The quantitative estimate of drug-likeness (QED) is 0.938. The largest absolute Gasteiger partial charge is 0.444 e. The Morgan fingerprint density at radius 2 is 2.00 bits per heavy atom. The van der Waals surface area contributed by atoms with Crippen molar-refractivity contribution < 1.29 is 13.9 Å². The Kier molecular flexibility index (Phi) is 4.04. The van der Waals surface area contributed by atoms with Crippen LogP contribution in [0.3, 0.4) is 0 Å². The van der Waals surface area contributed by atoms with E-state index in [1.807, 2.05) is 17.5 Å². The molecule has 0 saturated heterocycles. The lowest BCUT2D eigenvalue weighted by atomic mass is 10.1. The summed E-state index contributed by atoms with van der Waals surface area (Å²) >= 11 is 1.51. The summed E-state index contributed by atoms with van der Waals surface area (Å²) in [5.41, 5.74) is -1.37. The number of rotatable bonds is 3. The number of alkyl carbamates (subject to hydrolysis) is 1. The Balaban J connectivity index is 2.11. The van der Waals surface area contributed by atoms with Crippen molar-refractivity contribution in [3.05, 3.63) is 23.4 Å². The third kappa shape index (κ3) is 4.04. The second-order valence-corrected chi connectivity index (χ2v) is 7.09. The van der Waals surface area contributed by atoms with Crippen LogP contribution in [0.15, 0.2) is 21.9 Å². The Morgan fingerprint density at radius 3 is 2.57 bits per heavy atom. The van der Waals surface area contributed by atoms with E-state index in [-0.39, 0.29) is 0 Å². The maximum absolute atomic E-state index is 11.9. The molecule has 0 fully saturated rings. The molecule has 0 radical (unpaired) electrons. The van der Waals surface area contributed by atoms with E-state index in [1.54, 1.807) is 34.6 Å². The highest BCUT2D eigenvalue weighted by Gasteiger charge is 2.31. The first-order chi connectivity index (χ1) is 9.67. The van der Waals surface area contributed by atoms with Crippen molar-refractivity contribution in [2.24, 2.45) is 0 Å². The first kappa shape index (κ1) is 15.5. The van der Waals surface area contributed by atoms with Gasteiger partial charge in [0.05, 0.1) is 4.88 Å². The minimum Gasteiger partial charge on any atom is -0.444 e. The van der Waals surface area contributed by atoms with Gasteiger partial charge in [-0.15, -0.1) is 21.5 Å². The van der Waals surface area contributed by atoms with Gasteiger partial charge in [-0.25, -0.2) is 4.79 Å². The lowest BCUT2D eigenvalue weighted by Crippen LogP contribution is -2.44. The summed E-state index contributed by atoms with van der Waals surface area (Å²) in [6.07, 6.45) is -0.525. The van der Waals surface area contributed by atoms with Crippen LogP contribution in [0.2, 0.25) is 0 Å². The maximum atomic E-state index is 11.9. The second-order valence-electron chi connectivity index (χ2n) is 6.14. The van der Waals surface area contributed by atoms with Crippen LogP contribution in [-0.4, -0.2) is 21.9 Å². The molecule has 0 saturated carbocycles. The molecule has 0 aromatic carbocycles. The third-order valence-electron chi connectivity index (χ3n) is 2.51. The van der Waals surface area contributed by atoms with E-state index in [0.29, 0.717) is 11.8 Å². The zero-order valence-electron chi connectivity index (χ0n) is 12.8. The van der Waals surface area contributed by atoms with Crippen molar-refractivity contribution in [3.8, 4) is 10.8 Å². The number of nitrogens with zero attached hydrogens (tertiary/aromatic N) is 2. The fourth-order valence-electron chi connectivity index (χ4n) is 1.59. The van der Waals surface area contributed by atoms with Crippen LogP contribution >= 0.6 is 11.3 Å². The molecule has 0 bridgehead atoms. The average molecular weight is 309 g/mol. The summed E-state index contributed by atoms with van der Waals surface area (Å²) in [7, 11) is 0. The molecule has 1 amide bonds. The van der Waals surface area contributed by atoms with E-state index < -0.39 is 17.2 Å². The highest BCUT2D eigenvalue weighted by atomic mass is 32.1. The smallest absolute Gasteiger partial charge is 0.408 e. The van der Waals surface area contributed by atoms with Gasteiger partial charge in [-0.1, -0.05) is 6.07 Å². The van der Waals surface area contributed by atoms with Gasteiger partial charge in [0.2, 0.25) is 5.89 Å². The summed E-state index contributed by atoms with van der Waals surface area (Å²) in [6.45, 7) is 8.98. The van der Waals surface area contributed by atoms with E-state index in [2.05, 4.69) is 15.5 Å². The lowest BCUT2D eigenvalue weighted by Gasteiger charge is -2.25. The van der Waals surface area contributed by atoms with Crippen LogP contribution in [0.25, 0.3) is 10.8 Å². The Hall–Kier alpha value is -1.89. The molecule has 1 N–H and O–H groups in total. The van der Waals surface area contributed by atoms with Gasteiger partial charge in [0.25, 0.3) is 5.89 Å². The highest BCUT2D eigenvalue weighted by molar-refractivity contribution is 7.13. The molecule has 2 aromatic rings. The lowest BCUT2D eigenvalue weighted by molar-refractivity contribution is 0.0455. The molecule has 0 spiro atoms. The zero-order chi connectivity index (χ0) is 15.7. The number of hydrogen-bond acceptors (Lipinski definition) is 6. The number of amides is 1. The molecular weight excluding hydrogens is 290 g/mol. The van der Waals surface area contributed by atoms with Gasteiger partial charge in [0, 0.05) is 0 Å². The number of nitrogens with one attached hydrogen (secondary N) is 1. The van der Waals surface area contributed by atoms with Gasteiger partial charge in [-0.3, -0.25) is 0 Å². The normalized spacial score (nSPS) is 12.2. The van der Waals surface area contributed by atoms with Gasteiger partial charge in [-0.05, 0) is 46.1 Å². The van der Waals surface area contributed by atoms with Crippen molar-refractivity contribution in [2.45, 2.75) is 45.8 Å². The number of ether oxygens (including phenoxy) is 1. The average Bonchev–Trinajstić information content (AvgIpc) is 2.97. The van der Waals surface area contributed by atoms with Gasteiger partial charge in [0.1, 0.15) is 11.1 Å². The van der Waals surface area contributed by atoms with E-state index >= 15 is 0 Å². The van der Waals surface area contributed by atoms with Crippen molar-refractivity contribution in [1.29, 1.82) is 0 Å². The topological polar surface area (TPSA) is 77.2 Å². The minimum atomic E-state index is -0.815. The van der Waals surface area contributed by atoms with E-state index in [9.17, 15) is 4.79 Å². The van der Waals surface area contributed by atoms with E-state index in [1.165, 1.54) is 11.3 Å². The molecule has 2 heterocycles. The number of carbonyl (C=O) groups excluding carboxylic acids is 1. The van der Waals surface area contributed by atoms with Crippen LogP contribution in [0.4, 0.5) is 4.79 Å². The molecule has 7 heteroatoms. The van der Waals surface area contributed by atoms with E-state index in [0.717, 1.165) is 4.88 Å². The molecule has 0 aliphatic carbocycles. The number of aromatic nitrogens is 2. The molecule has 2 rings (SSSR count).